The Morgan fingerprint density at radius 3 is 2.73 bits per heavy atom. The number of ether oxygens (including phenoxy) is 1. The van der Waals surface area contributed by atoms with E-state index in [9.17, 15) is 9.59 Å². The van der Waals surface area contributed by atoms with Gasteiger partial charge in [-0.1, -0.05) is 12.1 Å². The van der Waals surface area contributed by atoms with E-state index >= 15 is 0 Å². The summed E-state index contributed by atoms with van der Waals surface area (Å²) in [5, 5.41) is 5.10. The molecular weight excluding hydrogens is 284 g/mol. The van der Waals surface area contributed by atoms with Gasteiger partial charge in [0.05, 0.1) is 24.8 Å². The Balaban J connectivity index is 1.84. The monoisotopic (exact) mass is 302 g/mol. The molecule has 1 aromatic heterocycles. The maximum Gasteiger partial charge on any atom is 0.313 e. The van der Waals surface area contributed by atoms with Crippen LogP contribution in [0.25, 0.3) is 0 Å². The molecule has 0 fully saturated rings. The molecule has 0 aliphatic rings. The van der Waals surface area contributed by atoms with Crippen molar-refractivity contribution in [3.05, 3.63) is 48.4 Å². The minimum Gasteiger partial charge on any atom is -0.492 e. The number of carbonyl (C=O) groups excluding carboxylic acids is 2. The van der Waals surface area contributed by atoms with Crippen molar-refractivity contribution in [2.45, 2.75) is 13.3 Å². The first kappa shape index (κ1) is 15.6. The van der Waals surface area contributed by atoms with Crippen molar-refractivity contribution in [2.75, 3.05) is 18.5 Å². The molecule has 0 spiro atoms. The molecule has 6 heteroatoms. The zero-order valence-corrected chi connectivity index (χ0v) is 12.3. The van der Waals surface area contributed by atoms with Crippen LogP contribution in [0.2, 0.25) is 0 Å². The summed E-state index contributed by atoms with van der Waals surface area (Å²) in [6.45, 7) is 2.68. The fraction of sp³-hybridized carbons (Fsp3) is 0.250. The molecule has 22 heavy (non-hydrogen) atoms. The molecule has 2 rings (SSSR count). The van der Waals surface area contributed by atoms with Gasteiger partial charge in [0.2, 0.25) is 0 Å². The van der Waals surface area contributed by atoms with E-state index in [1.807, 2.05) is 13.0 Å². The van der Waals surface area contributed by atoms with Gasteiger partial charge in [0.25, 0.3) is 0 Å². The lowest BCUT2D eigenvalue weighted by atomic mass is 10.2. The molecule has 2 amide bonds. The van der Waals surface area contributed by atoms with E-state index < -0.39 is 11.8 Å². The van der Waals surface area contributed by atoms with Crippen molar-refractivity contribution >= 4 is 17.5 Å². The van der Waals surface area contributed by atoms with Crippen LogP contribution >= 0.6 is 0 Å². The van der Waals surface area contributed by atoms with E-state index in [0.717, 1.165) is 5.56 Å². The topological polar surface area (TPSA) is 80.6 Å². The lowest BCUT2D eigenvalue weighted by Crippen LogP contribution is -2.36. The third kappa shape index (κ3) is 4.37. The number of carbonyl (C=O) groups is 2. The van der Waals surface area contributed by atoms with Crippen molar-refractivity contribution in [1.82, 2.24) is 5.32 Å². The van der Waals surface area contributed by atoms with Crippen molar-refractivity contribution in [3.63, 3.8) is 0 Å². The second-order valence-electron chi connectivity index (χ2n) is 4.52. The Bertz CT molecular complexity index is 623. The number of rotatable bonds is 6. The number of benzene rings is 1. The molecule has 0 atom stereocenters. The van der Waals surface area contributed by atoms with Crippen LogP contribution in [0.5, 0.6) is 5.75 Å². The lowest BCUT2D eigenvalue weighted by Gasteiger charge is -2.11. The highest BCUT2D eigenvalue weighted by molar-refractivity contribution is 6.39. The first-order valence-corrected chi connectivity index (χ1v) is 7.02. The number of anilines is 1. The minimum atomic E-state index is -0.723. The molecule has 0 saturated heterocycles. The maximum atomic E-state index is 11.9. The second kappa shape index (κ2) is 7.87. The van der Waals surface area contributed by atoms with Crippen LogP contribution in [0.1, 0.15) is 12.5 Å². The van der Waals surface area contributed by atoms with E-state index in [2.05, 4.69) is 10.6 Å². The maximum absolute atomic E-state index is 11.9. The summed E-state index contributed by atoms with van der Waals surface area (Å²) in [5.41, 5.74) is 1.43. The van der Waals surface area contributed by atoms with Crippen molar-refractivity contribution in [2.24, 2.45) is 0 Å². The molecule has 116 valence electrons. The minimum absolute atomic E-state index is 0.360. The third-order valence-electron chi connectivity index (χ3n) is 2.92. The van der Waals surface area contributed by atoms with Crippen LogP contribution in [0, 0.1) is 0 Å². The Labute approximate surface area is 128 Å². The number of para-hydroxylation sites is 2. The van der Waals surface area contributed by atoms with Crippen LogP contribution in [-0.2, 0) is 16.0 Å². The number of amides is 2. The molecule has 0 bridgehead atoms. The normalized spacial score (nSPS) is 10.0. The lowest BCUT2D eigenvalue weighted by molar-refractivity contribution is -0.136. The van der Waals surface area contributed by atoms with Gasteiger partial charge in [-0.05, 0) is 37.1 Å². The predicted octanol–water partition coefficient (Wildman–Crippen LogP) is 1.98. The van der Waals surface area contributed by atoms with Crippen LogP contribution in [-0.4, -0.2) is 25.0 Å². The average molecular weight is 302 g/mol. The van der Waals surface area contributed by atoms with E-state index in [0.29, 0.717) is 31.0 Å². The number of hydrogen-bond acceptors (Lipinski definition) is 4. The molecule has 1 heterocycles. The molecule has 1 aromatic carbocycles. The Hall–Kier alpha value is -2.76. The zero-order valence-electron chi connectivity index (χ0n) is 12.3. The van der Waals surface area contributed by atoms with Gasteiger partial charge in [0.1, 0.15) is 5.75 Å². The molecule has 0 aliphatic carbocycles. The third-order valence-corrected chi connectivity index (χ3v) is 2.92. The zero-order chi connectivity index (χ0) is 15.8. The Morgan fingerprint density at radius 2 is 2.00 bits per heavy atom. The molecule has 0 aliphatic heterocycles. The molecule has 2 aromatic rings. The highest BCUT2D eigenvalue weighted by Gasteiger charge is 2.15. The van der Waals surface area contributed by atoms with Gasteiger partial charge in [-0.2, -0.15) is 0 Å². The fourth-order valence-corrected chi connectivity index (χ4v) is 1.87. The summed E-state index contributed by atoms with van der Waals surface area (Å²) in [7, 11) is 0. The summed E-state index contributed by atoms with van der Waals surface area (Å²) in [4.78, 5) is 23.6. The van der Waals surface area contributed by atoms with Gasteiger partial charge < -0.3 is 19.8 Å². The van der Waals surface area contributed by atoms with E-state index in [1.54, 1.807) is 36.8 Å². The molecule has 0 saturated carbocycles. The van der Waals surface area contributed by atoms with E-state index in [1.165, 1.54) is 0 Å². The van der Waals surface area contributed by atoms with E-state index in [4.69, 9.17) is 9.15 Å². The first-order valence-electron chi connectivity index (χ1n) is 7.02. The highest BCUT2D eigenvalue weighted by atomic mass is 16.5. The summed E-state index contributed by atoms with van der Waals surface area (Å²) < 4.78 is 10.3. The van der Waals surface area contributed by atoms with Crippen LogP contribution in [0.3, 0.4) is 0 Å². The molecule has 0 radical (unpaired) electrons. The second-order valence-corrected chi connectivity index (χ2v) is 4.52. The van der Waals surface area contributed by atoms with Crippen LogP contribution in [0.15, 0.2) is 47.3 Å². The summed E-state index contributed by atoms with van der Waals surface area (Å²) in [6.07, 6.45) is 3.77. The van der Waals surface area contributed by atoms with Crippen molar-refractivity contribution in [3.8, 4) is 5.75 Å². The number of nitrogens with one attached hydrogen (secondary N) is 2. The Morgan fingerprint density at radius 1 is 1.18 bits per heavy atom. The summed E-state index contributed by atoms with van der Waals surface area (Å²) in [5.74, 6) is -0.876. The van der Waals surface area contributed by atoms with Gasteiger partial charge >= 0.3 is 11.8 Å². The molecule has 2 N–H and O–H groups in total. The average Bonchev–Trinajstić information content (AvgIpc) is 3.02. The largest absolute Gasteiger partial charge is 0.492 e. The Kier molecular flexibility index (Phi) is 5.59. The van der Waals surface area contributed by atoms with Crippen LogP contribution in [0.4, 0.5) is 5.69 Å². The smallest absolute Gasteiger partial charge is 0.313 e. The number of hydrogen-bond donors (Lipinski definition) is 2. The predicted molar refractivity (Wildman–Crippen MR) is 81.7 cm³/mol. The highest BCUT2D eigenvalue weighted by Crippen LogP contribution is 2.23. The SMILES string of the molecule is CCOc1ccccc1NC(=O)C(=O)NCCc1ccoc1. The summed E-state index contributed by atoms with van der Waals surface area (Å²) >= 11 is 0. The van der Waals surface area contributed by atoms with Crippen molar-refractivity contribution in [1.29, 1.82) is 0 Å². The van der Waals surface area contributed by atoms with Gasteiger partial charge in [0, 0.05) is 6.54 Å². The van der Waals surface area contributed by atoms with Gasteiger partial charge in [-0.3, -0.25) is 9.59 Å². The van der Waals surface area contributed by atoms with Gasteiger partial charge in [-0.15, -0.1) is 0 Å². The van der Waals surface area contributed by atoms with Gasteiger partial charge in [-0.25, -0.2) is 0 Å². The quantitative estimate of drug-likeness (QED) is 0.800. The molecular formula is C16H18N2O4. The van der Waals surface area contributed by atoms with Crippen LogP contribution < -0.4 is 15.4 Å². The molecule has 0 unspecified atom stereocenters. The standard InChI is InChI=1S/C16H18N2O4/c1-2-22-14-6-4-3-5-13(14)18-16(20)15(19)17-9-7-12-8-10-21-11-12/h3-6,8,10-11H,2,7,9H2,1H3,(H,17,19)(H,18,20). The van der Waals surface area contributed by atoms with Gasteiger partial charge in [0.15, 0.2) is 0 Å². The molecule has 6 nitrogen and oxygen atoms in total. The first-order chi connectivity index (χ1) is 10.7. The summed E-state index contributed by atoms with van der Waals surface area (Å²) in [6, 6.07) is 8.78. The van der Waals surface area contributed by atoms with E-state index in [-0.39, 0.29) is 0 Å². The van der Waals surface area contributed by atoms with Crippen molar-refractivity contribution < 1.29 is 18.7 Å². The number of furan rings is 1. The fourth-order valence-electron chi connectivity index (χ4n) is 1.87.